The molecule has 0 unspecified atom stereocenters. The molecule has 8 nitrogen and oxygen atoms in total. The molecule has 3 atom stereocenters. The number of benzene rings is 1. The molecule has 0 radical (unpaired) electrons. The van der Waals surface area contributed by atoms with Crippen LogP contribution in [0.15, 0.2) is 35.1 Å². The van der Waals surface area contributed by atoms with Crippen LogP contribution in [0.4, 0.5) is 19.1 Å². The lowest BCUT2D eigenvalue weighted by Crippen LogP contribution is -2.59. The predicted octanol–water partition coefficient (Wildman–Crippen LogP) is 4.34. The molecule has 0 spiro atoms. The lowest BCUT2D eigenvalue weighted by Gasteiger charge is -2.49. The van der Waals surface area contributed by atoms with Crippen molar-refractivity contribution < 1.29 is 13.2 Å². The van der Waals surface area contributed by atoms with Crippen molar-refractivity contribution in [1.82, 2.24) is 24.1 Å². The fourth-order valence-corrected chi connectivity index (χ4v) is 5.33. The molecule has 4 rings (SSSR count). The van der Waals surface area contributed by atoms with E-state index in [2.05, 4.69) is 46.7 Å². The molecule has 0 saturated carbocycles. The minimum atomic E-state index is -4.37. The normalized spacial score (nSPS) is 19.8. The van der Waals surface area contributed by atoms with Crippen molar-refractivity contribution in [2.45, 2.75) is 70.8 Å². The molecule has 1 aliphatic rings. The van der Waals surface area contributed by atoms with E-state index in [1.807, 2.05) is 0 Å². The van der Waals surface area contributed by atoms with E-state index in [0.717, 1.165) is 37.0 Å². The summed E-state index contributed by atoms with van der Waals surface area (Å²) < 4.78 is 42.4. The number of piperazine rings is 1. The number of hydrogen-bond acceptors (Lipinski definition) is 6. The molecule has 3 heterocycles. The molecule has 0 amide bonds. The summed E-state index contributed by atoms with van der Waals surface area (Å²) >= 11 is 0. The fourth-order valence-electron chi connectivity index (χ4n) is 5.33. The van der Waals surface area contributed by atoms with Gasteiger partial charge in [0.25, 0.3) is 0 Å². The van der Waals surface area contributed by atoms with Gasteiger partial charge in [0.15, 0.2) is 0 Å². The van der Waals surface area contributed by atoms with Gasteiger partial charge in [0.1, 0.15) is 5.65 Å². The van der Waals surface area contributed by atoms with E-state index in [9.17, 15) is 18.0 Å². The third kappa shape index (κ3) is 5.07. The van der Waals surface area contributed by atoms with Crippen LogP contribution in [0, 0.1) is 11.3 Å². The van der Waals surface area contributed by atoms with Crippen LogP contribution in [0.1, 0.15) is 62.9 Å². The highest BCUT2D eigenvalue weighted by Crippen LogP contribution is 2.35. The second-order valence-electron chi connectivity index (χ2n) is 9.51. The first-order valence-corrected chi connectivity index (χ1v) is 12.6. The summed E-state index contributed by atoms with van der Waals surface area (Å²) in [6.07, 6.45) is -1.89. The highest BCUT2D eigenvalue weighted by atomic mass is 19.4. The van der Waals surface area contributed by atoms with E-state index in [1.165, 1.54) is 4.57 Å². The number of fused-ring (bicyclic) bond motifs is 1. The van der Waals surface area contributed by atoms with E-state index in [4.69, 9.17) is 5.26 Å². The number of nitriles is 1. The summed E-state index contributed by atoms with van der Waals surface area (Å²) in [4.78, 5) is 21.6. The fraction of sp³-hybridized carbons (Fsp3) is 0.538. The van der Waals surface area contributed by atoms with E-state index in [-0.39, 0.29) is 24.5 Å². The molecule has 1 aliphatic heterocycles. The van der Waals surface area contributed by atoms with Crippen molar-refractivity contribution >= 4 is 11.6 Å². The van der Waals surface area contributed by atoms with Crippen LogP contribution in [-0.2, 0) is 19.6 Å². The first-order valence-electron chi connectivity index (χ1n) is 12.6. The van der Waals surface area contributed by atoms with Crippen molar-refractivity contribution in [3.63, 3.8) is 0 Å². The first-order chi connectivity index (χ1) is 17.6. The Kier molecular flexibility index (Phi) is 7.59. The van der Waals surface area contributed by atoms with E-state index < -0.39 is 17.4 Å². The number of alkyl halides is 3. The number of nitrogens with zero attached hydrogens (tertiary/aromatic N) is 7. The van der Waals surface area contributed by atoms with Gasteiger partial charge in [-0.05, 0) is 37.0 Å². The third-order valence-corrected chi connectivity index (χ3v) is 7.37. The molecule has 2 aromatic heterocycles. The van der Waals surface area contributed by atoms with E-state index in [0.29, 0.717) is 30.4 Å². The minimum Gasteiger partial charge on any atom is -0.335 e. The maximum Gasteiger partial charge on any atom is 0.416 e. The average molecular weight is 516 g/mol. The minimum absolute atomic E-state index is 0.0118. The summed E-state index contributed by atoms with van der Waals surface area (Å²) in [5.41, 5.74) is 0.956. The van der Waals surface area contributed by atoms with Crippen molar-refractivity contribution in [3.05, 3.63) is 57.6 Å². The molecular formula is C26H32F3N7O. The molecule has 0 aliphatic carbocycles. The summed E-state index contributed by atoms with van der Waals surface area (Å²) in [5.74, 6) is 0.454. The topological polar surface area (TPSA) is 82.5 Å². The Labute approximate surface area is 213 Å². The van der Waals surface area contributed by atoms with Crippen LogP contribution in [0.5, 0.6) is 0 Å². The number of hydrogen-bond donors (Lipinski definition) is 0. The molecule has 1 saturated heterocycles. The van der Waals surface area contributed by atoms with Crippen LogP contribution < -0.4 is 10.6 Å². The Hall–Kier alpha value is -3.39. The molecule has 3 aromatic rings. The standard InChI is InChI=1S/C26H32F3N7O/c1-5-20-16-35(24-31-25(37)33(4)23-14-19(12-13-30)32-36(23)24)21(6-2)15-34(20)22(7-3)17-8-10-18(11-9-17)26(27,28)29/h8-11,14,20-22H,5-7,12,15-16H2,1-4H3/t20-,21+,22-/m1/s1. The molecule has 37 heavy (non-hydrogen) atoms. The smallest absolute Gasteiger partial charge is 0.335 e. The molecule has 11 heteroatoms. The van der Waals surface area contributed by atoms with E-state index >= 15 is 0 Å². The van der Waals surface area contributed by atoms with Crippen LogP contribution in [0.25, 0.3) is 5.65 Å². The number of rotatable bonds is 7. The van der Waals surface area contributed by atoms with Gasteiger partial charge in [-0.1, -0.05) is 32.9 Å². The number of aromatic nitrogens is 4. The van der Waals surface area contributed by atoms with Gasteiger partial charge < -0.3 is 4.90 Å². The van der Waals surface area contributed by atoms with Gasteiger partial charge in [-0.3, -0.25) is 9.47 Å². The summed E-state index contributed by atoms with van der Waals surface area (Å²) in [7, 11) is 1.63. The lowest BCUT2D eigenvalue weighted by atomic mass is 9.94. The number of halogens is 3. The zero-order chi connectivity index (χ0) is 26.9. The Balaban J connectivity index is 1.70. The molecule has 198 valence electrons. The number of anilines is 1. The molecule has 1 aromatic carbocycles. The van der Waals surface area contributed by atoms with Crippen LogP contribution in [-0.4, -0.2) is 49.2 Å². The first kappa shape index (κ1) is 26.7. The summed E-state index contributed by atoms with van der Waals surface area (Å²) in [6, 6.07) is 9.39. The maximum atomic E-state index is 13.1. The Bertz CT molecular complexity index is 1340. The van der Waals surface area contributed by atoms with Gasteiger partial charge in [-0.25, -0.2) is 4.79 Å². The van der Waals surface area contributed by atoms with Crippen molar-refractivity contribution in [2.24, 2.45) is 7.05 Å². The van der Waals surface area contributed by atoms with Crippen LogP contribution >= 0.6 is 0 Å². The monoisotopic (exact) mass is 515 g/mol. The average Bonchev–Trinajstić information content (AvgIpc) is 3.30. The summed E-state index contributed by atoms with van der Waals surface area (Å²) in [5, 5.41) is 13.7. The molecular weight excluding hydrogens is 483 g/mol. The van der Waals surface area contributed by atoms with Crippen molar-refractivity contribution in [2.75, 3.05) is 18.0 Å². The van der Waals surface area contributed by atoms with Gasteiger partial charge >= 0.3 is 11.9 Å². The zero-order valence-corrected chi connectivity index (χ0v) is 21.5. The summed E-state index contributed by atoms with van der Waals surface area (Å²) in [6.45, 7) is 7.47. The predicted molar refractivity (Wildman–Crippen MR) is 134 cm³/mol. The molecule has 0 bridgehead atoms. The van der Waals surface area contributed by atoms with Crippen LogP contribution in [0.3, 0.4) is 0 Å². The second-order valence-corrected chi connectivity index (χ2v) is 9.51. The Morgan fingerprint density at radius 2 is 1.78 bits per heavy atom. The van der Waals surface area contributed by atoms with E-state index in [1.54, 1.807) is 29.8 Å². The van der Waals surface area contributed by atoms with Crippen molar-refractivity contribution in [3.8, 4) is 6.07 Å². The highest BCUT2D eigenvalue weighted by molar-refractivity contribution is 5.48. The Morgan fingerprint density at radius 3 is 2.35 bits per heavy atom. The molecule has 0 N–H and O–H groups in total. The van der Waals surface area contributed by atoms with Crippen molar-refractivity contribution in [1.29, 1.82) is 5.26 Å². The Morgan fingerprint density at radius 1 is 1.11 bits per heavy atom. The lowest BCUT2D eigenvalue weighted by molar-refractivity contribution is -0.137. The van der Waals surface area contributed by atoms with Gasteiger partial charge in [0.2, 0.25) is 5.95 Å². The highest BCUT2D eigenvalue weighted by Gasteiger charge is 2.38. The largest absolute Gasteiger partial charge is 0.416 e. The van der Waals surface area contributed by atoms with Crippen LogP contribution in [0.2, 0.25) is 0 Å². The number of aryl methyl sites for hydroxylation is 1. The van der Waals surface area contributed by atoms with Gasteiger partial charge in [0, 0.05) is 44.3 Å². The second kappa shape index (κ2) is 10.5. The zero-order valence-electron chi connectivity index (χ0n) is 21.5. The third-order valence-electron chi connectivity index (χ3n) is 7.37. The quantitative estimate of drug-likeness (QED) is 0.466. The SMILES string of the molecule is CC[C@H]1CN([C@H](CC)c2ccc(C(F)(F)F)cc2)[C@H](CC)CN1c1nc(=O)n(C)c2cc(CC#N)nn12. The van der Waals surface area contributed by atoms with Gasteiger partial charge in [0.05, 0.1) is 23.7 Å². The van der Waals surface area contributed by atoms with Gasteiger partial charge in [-0.2, -0.15) is 33.0 Å². The maximum absolute atomic E-state index is 13.1. The van der Waals surface area contributed by atoms with Gasteiger partial charge in [-0.15, -0.1) is 0 Å². The molecule has 1 fully saturated rings.